The largest absolute Gasteiger partial charge is 0.382 e. The molecule has 0 aliphatic rings. The summed E-state index contributed by atoms with van der Waals surface area (Å²) in [6, 6.07) is 7.47. The van der Waals surface area contributed by atoms with Gasteiger partial charge >= 0.3 is 0 Å². The Hall–Kier alpha value is -3.36. The van der Waals surface area contributed by atoms with Gasteiger partial charge < -0.3 is 16.0 Å². The van der Waals surface area contributed by atoms with Crippen LogP contribution >= 0.6 is 0 Å². The van der Waals surface area contributed by atoms with Crippen molar-refractivity contribution in [1.82, 2.24) is 19.9 Å². The number of aromatic nitrogens is 4. The lowest BCUT2D eigenvalue weighted by Gasteiger charge is -2.07. The van der Waals surface area contributed by atoms with Crippen LogP contribution in [-0.2, 0) is 4.79 Å². The van der Waals surface area contributed by atoms with Crippen molar-refractivity contribution in [2.75, 3.05) is 16.4 Å². The molecule has 0 aliphatic heterocycles. The molecule has 0 saturated heterocycles. The number of hydrogen-bond acceptors (Lipinski definition) is 6. The van der Waals surface area contributed by atoms with Crippen LogP contribution in [0.15, 0.2) is 29.1 Å². The smallest absolute Gasteiger partial charge is 0.278 e. The second kappa shape index (κ2) is 5.20. The Kier molecular flexibility index (Phi) is 3.22. The molecule has 2 heterocycles. The molecule has 1 aromatic carbocycles. The van der Waals surface area contributed by atoms with Gasteiger partial charge in [-0.3, -0.25) is 19.9 Å². The number of nitrogens with zero attached hydrogens (tertiary/aromatic N) is 2. The number of benzene rings is 1. The van der Waals surface area contributed by atoms with Gasteiger partial charge in [0.15, 0.2) is 5.82 Å². The molecular formula is C13H13N7O2. The second-order valence-corrected chi connectivity index (χ2v) is 4.58. The molecular weight excluding hydrogens is 286 g/mol. The Morgan fingerprint density at radius 1 is 1.18 bits per heavy atom. The fraction of sp³-hybridized carbons (Fsp3) is 0.0769. The highest BCUT2D eigenvalue weighted by molar-refractivity contribution is 5.91. The molecule has 0 aliphatic carbocycles. The predicted octanol–water partition coefficient (Wildman–Crippen LogP) is 0.930. The summed E-state index contributed by atoms with van der Waals surface area (Å²) in [5, 5.41) is 5.16. The minimum atomic E-state index is -0.554. The third-order valence-electron chi connectivity index (χ3n) is 2.87. The van der Waals surface area contributed by atoms with Crippen molar-refractivity contribution in [2.45, 2.75) is 6.92 Å². The zero-order chi connectivity index (χ0) is 15.7. The van der Waals surface area contributed by atoms with Crippen molar-refractivity contribution in [2.24, 2.45) is 0 Å². The first-order valence-electron chi connectivity index (χ1n) is 6.42. The lowest BCUT2D eigenvalue weighted by molar-refractivity contribution is -0.114. The fourth-order valence-corrected chi connectivity index (χ4v) is 1.97. The zero-order valence-electron chi connectivity index (χ0n) is 11.6. The number of nitrogens with two attached hydrogens (primary N) is 1. The van der Waals surface area contributed by atoms with Crippen molar-refractivity contribution in [3.63, 3.8) is 0 Å². The van der Waals surface area contributed by atoms with Gasteiger partial charge in [-0.25, -0.2) is 4.98 Å². The molecule has 0 fully saturated rings. The average Bonchev–Trinajstić information content (AvgIpc) is 2.84. The monoisotopic (exact) mass is 299 g/mol. The van der Waals surface area contributed by atoms with Crippen molar-refractivity contribution >= 4 is 40.3 Å². The topological polar surface area (TPSA) is 142 Å². The first-order valence-corrected chi connectivity index (χ1v) is 6.42. The van der Waals surface area contributed by atoms with Crippen LogP contribution in [0, 0.1) is 0 Å². The summed E-state index contributed by atoms with van der Waals surface area (Å²) in [6.45, 7) is 1.28. The van der Waals surface area contributed by atoms with Crippen LogP contribution in [0.5, 0.6) is 0 Å². The summed E-state index contributed by atoms with van der Waals surface area (Å²) in [5.74, 6) is 0.0428. The van der Waals surface area contributed by atoms with Crippen LogP contribution in [0.25, 0.3) is 11.0 Å². The summed E-state index contributed by atoms with van der Waals surface area (Å²) in [6.07, 6.45) is 0. The minimum absolute atomic E-state index is 0.0809. The molecule has 6 N–H and O–H groups in total. The average molecular weight is 299 g/mol. The number of aromatic amines is 2. The Morgan fingerprint density at radius 3 is 2.59 bits per heavy atom. The standard InChI is InChI=1S/C13H13N7O2/c1-6(21)15-9-10(14)18-13(19-11(9)22)20-12-16-7-4-2-3-5-8(7)17-12/h2-5H,1H3,(H,15,21)(H5,14,16,17,18,19,20,22). The maximum absolute atomic E-state index is 11.9. The number of nitrogen functional groups attached to an aromatic ring is 1. The number of anilines is 4. The Balaban J connectivity index is 1.92. The van der Waals surface area contributed by atoms with Gasteiger partial charge in [-0.2, -0.15) is 4.98 Å². The van der Waals surface area contributed by atoms with E-state index in [2.05, 4.69) is 30.6 Å². The number of imidazole rings is 1. The summed E-state index contributed by atoms with van der Waals surface area (Å²) in [4.78, 5) is 36.7. The zero-order valence-corrected chi connectivity index (χ0v) is 11.6. The summed E-state index contributed by atoms with van der Waals surface area (Å²) in [7, 11) is 0. The summed E-state index contributed by atoms with van der Waals surface area (Å²) in [5.41, 5.74) is 6.66. The molecule has 0 saturated carbocycles. The van der Waals surface area contributed by atoms with E-state index in [0.717, 1.165) is 11.0 Å². The van der Waals surface area contributed by atoms with Gasteiger partial charge in [-0.15, -0.1) is 0 Å². The van der Waals surface area contributed by atoms with E-state index in [1.165, 1.54) is 6.92 Å². The van der Waals surface area contributed by atoms with E-state index < -0.39 is 11.5 Å². The Bertz CT molecular complexity index is 879. The lowest BCUT2D eigenvalue weighted by Crippen LogP contribution is -2.21. The Labute approximate surface area is 124 Å². The van der Waals surface area contributed by atoms with Crippen LogP contribution in [0.2, 0.25) is 0 Å². The van der Waals surface area contributed by atoms with Crippen LogP contribution in [-0.4, -0.2) is 25.8 Å². The second-order valence-electron chi connectivity index (χ2n) is 4.58. The van der Waals surface area contributed by atoms with Gasteiger partial charge in [0, 0.05) is 6.92 Å². The highest BCUT2D eigenvalue weighted by atomic mass is 16.2. The van der Waals surface area contributed by atoms with Gasteiger partial charge in [0.05, 0.1) is 11.0 Å². The number of carbonyl (C=O) groups excluding carboxylic acids is 1. The molecule has 3 aromatic rings. The molecule has 22 heavy (non-hydrogen) atoms. The maximum Gasteiger partial charge on any atom is 0.278 e. The maximum atomic E-state index is 11.9. The third-order valence-corrected chi connectivity index (χ3v) is 2.87. The van der Waals surface area contributed by atoms with E-state index in [0.29, 0.717) is 5.95 Å². The number of para-hydroxylation sites is 2. The molecule has 0 spiro atoms. The predicted molar refractivity (Wildman–Crippen MR) is 83.0 cm³/mol. The van der Waals surface area contributed by atoms with Gasteiger partial charge in [0.1, 0.15) is 5.69 Å². The van der Waals surface area contributed by atoms with E-state index in [-0.39, 0.29) is 17.5 Å². The number of fused-ring (bicyclic) bond motifs is 1. The number of carbonyl (C=O) groups is 1. The van der Waals surface area contributed by atoms with Crippen LogP contribution in [0.1, 0.15) is 6.92 Å². The fourth-order valence-electron chi connectivity index (χ4n) is 1.97. The highest BCUT2D eigenvalue weighted by Crippen LogP contribution is 2.17. The quantitative estimate of drug-likeness (QED) is 0.487. The van der Waals surface area contributed by atoms with Crippen molar-refractivity contribution < 1.29 is 4.79 Å². The minimum Gasteiger partial charge on any atom is -0.382 e. The van der Waals surface area contributed by atoms with Crippen LogP contribution < -0.4 is 21.9 Å². The number of amides is 1. The molecule has 1 amide bonds. The van der Waals surface area contributed by atoms with Crippen molar-refractivity contribution in [1.29, 1.82) is 0 Å². The third kappa shape index (κ3) is 2.59. The van der Waals surface area contributed by atoms with Crippen molar-refractivity contribution in [3.8, 4) is 0 Å². The van der Waals surface area contributed by atoms with Gasteiger partial charge in [-0.05, 0) is 12.1 Å². The molecule has 0 radical (unpaired) electrons. The van der Waals surface area contributed by atoms with E-state index >= 15 is 0 Å². The summed E-state index contributed by atoms with van der Waals surface area (Å²) < 4.78 is 0. The SMILES string of the molecule is CC(=O)Nc1c(N)nc(Nc2nc3ccccc3[nH]2)[nH]c1=O. The molecule has 9 heteroatoms. The molecule has 9 nitrogen and oxygen atoms in total. The first-order chi connectivity index (χ1) is 10.5. The molecule has 112 valence electrons. The molecule has 0 bridgehead atoms. The lowest BCUT2D eigenvalue weighted by atomic mass is 10.3. The number of nitrogens with one attached hydrogen (secondary N) is 4. The van der Waals surface area contributed by atoms with E-state index in [9.17, 15) is 9.59 Å². The van der Waals surface area contributed by atoms with Crippen molar-refractivity contribution in [3.05, 3.63) is 34.6 Å². The summed E-state index contributed by atoms with van der Waals surface area (Å²) >= 11 is 0. The van der Waals surface area contributed by atoms with Gasteiger partial charge in [0.25, 0.3) is 5.56 Å². The molecule has 0 unspecified atom stereocenters. The molecule has 3 rings (SSSR count). The van der Waals surface area contributed by atoms with Crippen LogP contribution in [0.3, 0.4) is 0 Å². The van der Waals surface area contributed by atoms with Gasteiger partial charge in [0.2, 0.25) is 17.8 Å². The van der Waals surface area contributed by atoms with Gasteiger partial charge in [-0.1, -0.05) is 12.1 Å². The molecule has 0 atom stereocenters. The number of rotatable bonds is 3. The highest BCUT2D eigenvalue weighted by Gasteiger charge is 2.11. The number of hydrogen-bond donors (Lipinski definition) is 5. The number of H-pyrrole nitrogens is 2. The normalized spacial score (nSPS) is 10.6. The Morgan fingerprint density at radius 2 is 1.91 bits per heavy atom. The van der Waals surface area contributed by atoms with E-state index in [1.54, 1.807) is 0 Å². The first kappa shape index (κ1) is 13.6. The van der Waals surface area contributed by atoms with E-state index in [4.69, 9.17) is 5.73 Å². The van der Waals surface area contributed by atoms with Crippen LogP contribution in [0.4, 0.5) is 23.4 Å². The molecule has 2 aromatic heterocycles. The van der Waals surface area contributed by atoms with E-state index in [1.807, 2.05) is 24.3 Å².